The quantitative estimate of drug-likeness (QED) is 0.281. The molecule has 9 heteroatoms. The first-order valence-electron chi connectivity index (χ1n) is 14.7. The molecule has 1 heterocycles. The summed E-state index contributed by atoms with van der Waals surface area (Å²) < 4.78 is 25.1. The van der Waals surface area contributed by atoms with Gasteiger partial charge in [-0.2, -0.15) is 0 Å². The highest BCUT2D eigenvalue weighted by Gasteiger charge is 2.81. The highest BCUT2D eigenvalue weighted by molar-refractivity contribution is 5.69. The molecule has 0 amide bonds. The Balaban J connectivity index is 2.21. The number of rotatable bonds is 6. The van der Waals surface area contributed by atoms with Crippen LogP contribution in [0.3, 0.4) is 0 Å². The molecule has 40 heavy (non-hydrogen) atoms. The molecule has 4 rings (SSSR count). The van der Waals surface area contributed by atoms with Crippen molar-refractivity contribution in [2.45, 2.75) is 130 Å². The van der Waals surface area contributed by atoms with E-state index in [1.807, 2.05) is 34.6 Å². The van der Waals surface area contributed by atoms with Crippen molar-refractivity contribution in [2.24, 2.45) is 28.6 Å². The number of hydrogen-bond acceptors (Lipinski definition) is 9. The molecule has 0 aromatic rings. The standard InChI is InChI=1S/C31H48O9/c1-11-21-22(35)14-30(27(8,36)12-2)23(21)17(4)25(38-18(5)32)29(10)16(3)13-28(9)31(15-37-28,40-20(7)34)24(29)26(30)39-19(6)33/h16-17,22,24-26,35-36H,11-15H2,1-10H3/t16-,17-,22-,24-,25+,26-,27+,28+,29-,30+,31+/m0/s1. The zero-order valence-electron chi connectivity index (χ0n) is 25.8. The molecule has 0 radical (unpaired) electrons. The predicted molar refractivity (Wildman–Crippen MR) is 146 cm³/mol. The summed E-state index contributed by atoms with van der Waals surface area (Å²) in [5.41, 5.74) is -4.16. The molecular weight excluding hydrogens is 516 g/mol. The van der Waals surface area contributed by atoms with Crippen molar-refractivity contribution in [3.63, 3.8) is 0 Å². The van der Waals surface area contributed by atoms with Crippen LogP contribution in [0.1, 0.15) is 94.9 Å². The fourth-order valence-electron chi connectivity index (χ4n) is 9.47. The average Bonchev–Trinajstić information content (AvgIpc) is 3.13. The summed E-state index contributed by atoms with van der Waals surface area (Å²) in [5, 5.41) is 23.9. The van der Waals surface area contributed by atoms with Crippen LogP contribution < -0.4 is 0 Å². The van der Waals surface area contributed by atoms with Crippen LogP contribution in [-0.4, -0.2) is 69.8 Å². The first kappa shape index (κ1) is 31.0. The van der Waals surface area contributed by atoms with Gasteiger partial charge in [-0.15, -0.1) is 0 Å². The van der Waals surface area contributed by atoms with E-state index in [2.05, 4.69) is 6.92 Å². The van der Waals surface area contributed by atoms with Gasteiger partial charge in [0, 0.05) is 32.1 Å². The van der Waals surface area contributed by atoms with Crippen molar-refractivity contribution >= 4 is 17.9 Å². The number of aliphatic hydroxyl groups is 2. The second-order valence-corrected chi connectivity index (χ2v) is 13.4. The summed E-state index contributed by atoms with van der Waals surface area (Å²) in [6.07, 6.45) is -1.19. The monoisotopic (exact) mass is 564 g/mol. The summed E-state index contributed by atoms with van der Waals surface area (Å²) in [6, 6.07) is 0. The van der Waals surface area contributed by atoms with E-state index in [4.69, 9.17) is 18.9 Å². The molecule has 11 atom stereocenters. The van der Waals surface area contributed by atoms with Crippen LogP contribution in [0, 0.1) is 28.6 Å². The normalized spacial score (nSPS) is 45.6. The fraction of sp³-hybridized carbons (Fsp3) is 0.839. The van der Waals surface area contributed by atoms with Crippen LogP contribution in [0.15, 0.2) is 11.1 Å². The van der Waals surface area contributed by atoms with Crippen LogP contribution in [0.5, 0.6) is 0 Å². The van der Waals surface area contributed by atoms with Crippen LogP contribution in [0.25, 0.3) is 0 Å². The minimum atomic E-state index is -1.44. The number of hydrogen-bond donors (Lipinski definition) is 2. The Labute approximate surface area is 238 Å². The lowest BCUT2D eigenvalue weighted by Crippen LogP contribution is -2.82. The minimum Gasteiger partial charge on any atom is -0.461 e. The number of fused-ring (bicyclic) bond motifs is 4. The molecule has 0 unspecified atom stereocenters. The van der Waals surface area contributed by atoms with Gasteiger partial charge in [0.2, 0.25) is 0 Å². The predicted octanol–water partition coefficient (Wildman–Crippen LogP) is 3.87. The van der Waals surface area contributed by atoms with Gasteiger partial charge in [0.15, 0.2) is 5.60 Å². The summed E-state index contributed by atoms with van der Waals surface area (Å²) in [5.74, 6) is -2.81. The number of esters is 3. The van der Waals surface area contributed by atoms with Crippen molar-refractivity contribution in [3.8, 4) is 0 Å². The van der Waals surface area contributed by atoms with E-state index < -0.39 is 75.7 Å². The van der Waals surface area contributed by atoms with Gasteiger partial charge in [0.05, 0.1) is 29.6 Å². The fourth-order valence-corrected chi connectivity index (χ4v) is 9.47. The highest BCUT2D eigenvalue weighted by atomic mass is 16.6. The largest absolute Gasteiger partial charge is 0.461 e. The molecule has 0 aromatic heterocycles. The number of carbonyl (C=O) groups excluding carboxylic acids is 3. The van der Waals surface area contributed by atoms with Crippen molar-refractivity contribution in [1.29, 1.82) is 0 Å². The van der Waals surface area contributed by atoms with Gasteiger partial charge < -0.3 is 29.2 Å². The molecule has 0 bridgehead atoms. The zero-order chi connectivity index (χ0) is 30.2. The van der Waals surface area contributed by atoms with E-state index in [9.17, 15) is 24.6 Å². The topological polar surface area (TPSA) is 129 Å². The Morgan fingerprint density at radius 2 is 1.57 bits per heavy atom. The van der Waals surface area contributed by atoms with Crippen LogP contribution >= 0.6 is 0 Å². The third kappa shape index (κ3) is 3.86. The summed E-state index contributed by atoms with van der Waals surface area (Å²) in [4.78, 5) is 38.5. The second kappa shape index (κ2) is 9.80. The molecule has 0 spiro atoms. The Bertz CT molecular complexity index is 1110. The Morgan fingerprint density at radius 3 is 2.02 bits per heavy atom. The maximum atomic E-state index is 13.0. The summed E-state index contributed by atoms with van der Waals surface area (Å²) in [7, 11) is 0. The van der Waals surface area contributed by atoms with Gasteiger partial charge in [-0.25, -0.2) is 0 Å². The summed E-state index contributed by atoms with van der Waals surface area (Å²) >= 11 is 0. The first-order chi connectivity index (χ1) is 18.4. The molecule has 0 aromatic carbocycles. The van der Waals surface area contributed by atoms with Gasteiger partial charge in [-0.1, -0.05) is 34.6 Å². The Hall–Kier alpha value is -1.97. The lowest BCUT2D eigenvalue weighted by Gasteiger charge is -2.70. The van der Waals surface area contributed by atoms with E-state index >= 15 is 0 Å². The molecular formula is C31H48O9. The number of carbonyl (C=O) groups is 3. The van der Waals surface area contributed by atoms with E-state index in [0.717, 1.165) is 11.1 Å². The SMILES string of the molecule is CCC1=C2[C@H](C)[C@@H](OC(C)=O)[C@@]3(C)[C@@H](C)C[C@@]4(C)OC[C@@]4(OC(C)=O)[C@H]3[C@H](OC(C)=O)[C@@]2([C@](C)(O)CC)C[C@@H]1O. The first-order valence-corrected chi connectivity index (χ1v) is 14.7. The summed E-state index contributed by atoms with van der Waals surface area (Å²) in [6.45, 7) is 17.7. The average molecular weight is 565 g/mol. The second-order valence-electron chi connectivity index (χ2n) is 13.4. The number of ether oxygens (including phenoxy) is 4. The molecule has 3 aliphatic carbocycles. The van der Waals surface area contributed by atoms with Crippen LogP contribution in [0.4, 0.5) is 0 Å². The molecule has 9 nitrogen and oxygen atoms in total. The Kier molecular flexibility index (Phi) is 7.59. The molecule has 1 aliphatic heterocycles. The molecule has 2 N–H and O–H groups in total. The lowest BCUT2D eigenvalue weighted by atomic mass is 9.44. The number of aliphatic hydroxyl groups excluding tert-OH is 1. The smallest absolute Gasteiger partial charge is 0.303 e. The zero-order valence-corrected chi connectivity index (χ0v) is 25.8. The van der Waals surface area contributed by atoms with E-state index in [-0.39, 0.29) is 18.9 Å². The minimum absolute atomic E-state index is 0.0710. The van der Waals surface area contributed by atoms with E-state index in [1.165, 1.54) is 20.8 Å². The van der Waals surface area contributed by atoms with Gasteiger partial charge >= 0.3 is 17.9 Å². The van der Waals surface area contributed by atoms with Gasteiger partial charge in [0.1, 0.15) is 17.8 Å². The van der Waals surface area contributed by atoms with E-state index in [0.29, 0.717) is 19.3 Å². The molecule has 4 aliphatic rings. The molecule has 226 valence electrons. The van der Waals surface area contributed by atoms with Crippen LogP contribution in [0.2, 0.25) is 0 Å². The Morgan fingerprint density at radius 1 is 1.00 bits per heavy atom. The maximum Gasteiger partial charge on any atom is 0.303 e. The van der Waals surface area contributed by atoms with Crippen molar-refractivity contribution in [2.75, 3.05) is 6.61 Å². The van der Waals surface area contributed by atoms with Crippen molar-refractivity contribution in [1.82, 2.24) is 0 Å². The van der Waals surface area contributed by atoms with Crippen molar-refractivity contribution < 1.29 is 43.5 Å². The molecule has 3 fully saturated rings. The molecule has 1 saturated heterocycles. The van der Waals surface area contributed by atoms with Gasteiger partial charge in [0.25, 0.3) is 0 Å². The third-order valence-electron chi connectivity index (χ3n) is 11.4. The van der Waals surface area contributed by atoms with Gasteiger partial charge in [-0.05, 0) is 56.6 Å². The highest BCUT2D eigenvalue weighted by Crippen LogP contribution is 2.72. The maximum absolute atomic E-state index is 13.0. The molecule has 2 saturated carbocycles. The van der Waals surface area contributed by atoms with Crippen LogP contribution in [-0.2, 0) is 33.3 Å². The van der Waals surface area contributed by atoms with E-state index in [1.54, 1.807) is 6.92 Å². The third-order valence-corrected chi connectivity index (χ3v) is 11.4. The van der Waals surface area contributed by atoms with Crippen molar-refractivity contribution in [3.05, 3.63) is 11.1 Å². The van der Waals surface area contributed by atoms with Gasteiger partial charge in [-0.3, -0.25) is 14.4 Å². The lowest BCUT2D eigenvalue weighted by molar-refractivity contribution is -0.384.